The number of halogens is 3. The second kappa shape index (κ2) is 12.4. The van der Waals surface area contributed by atoms with Crippen molar-refractivity contribution in [2.24, 2.45) is 0 Å². The van der Waals surface area contributed by atoms with Gasteiger partial charge < -0.3 is 19.1 Å². The molecule has 0 amide bonds. The molecule has 10 heteroatoms. The number of pyridine rings is 1. The summed E-state index contributed by atoms with van der Waals surface area (Å²) in [6.07, 6.45) is 0. The normalized spacial score (nSPS) is 11.0. The van der Waals surface area contributed by atoms with Crippen molar-refractivity contribution in [3.63, 3.8) is 0 Å². The maximum absolute atomic E-state index is 16.2. The number of carbonyl (C=O) groups is 1. The standard InChI is InChI=1S/C31H26F3N3O4/c1-4-39-30(38)31(2,3)37(22-13-9-6-10-14-22)27-25(32)28(34)36-29(26(27)33)41-24-17-21(18-35)15-16-23(24)40-19-20-11-7-5-8-12-20/h5-17H,4,19H2,1-3H3. The molecule has 41 heavy (non-hydrogen) atoms. The molecule has 0 atom stereocenters. The van der Waals surface area contributed by atoms with Crippen molar-refractivity contribution in [1.82, 2.24) is 4.98 Å². The molecule has 0 saturated carbocycles. The molecule has 0 radical (unpaired) electrons. The van der Waals surface area contributed by atoms with E-state index < -0.39 is 40.7 Å². The molecule has 210 valence electrons. The van der Waals surface area contributed by atoms with E-state index in [1.807, 2.05) is 36.4 Å². The van der Waals surface area contributed by atoms with Gasteiger partial charge in [-0.25, -0.2) is 4.79 Å². The largest absolute Gasteiger partial charge is 0.485 e. The van der Waals surface area contributed by atoms with Gasteiger partial charge in [0.05, 0.1) is 18.2 Å². The average molecular weight is 562 g/mol. The van der Waals surface area contributed by atoms with E-state index in [0.717, 1.165) is 10.5 Å². The smallest absolute Gasteiger partial charge is 0.331 e. The minimum absolute atomic E-state index is 0.00984. The van der Waals surface area contributed by atoms with E-state index >= 15 is 8.78 Å². The molecular weight excluding hydrogens is 535 g/mol. The second-order valence-electron chi connectivity index (χ2n) is 9.28. The average Bonchev–Trinajstić information content (AvgIpc) is 2.98. The highest BCUT2D eigenvalue weighted by Gasteiger charge is 2.42. The molecule has 3 aromatic carbocycles. The third kappa shape index (κ3) is 6.25. The van der Waals surface area contributed by atoms with Crippen molar-refractivity contribution in [2.75, 3.05) is 11.5 Å². The SMILES string of the molecule is CCOC(=O)C(C)(C)N(c1ccccc1)c1c(F)c(F)nc(Oc2cc(C#N)ccc2OCc2ccccc2)c1F. The Morgan fingerprint density at radius 2 is 1.61 bits per heavy atom. The Labute approximate surface area is 235 Å². The van der Waals surface area contributed by atoms with Crippen molar-refractivity contribution >= 4 is 17.3 Å². The molecule has 0 fully saturated rings. The van der Waals surface area contributed by atoms with Gasteiger partial charge in [-0.3, -0.25) is 0 Å². The number of hydrogen-bond donors (Lipinski definition) is 0. The molecule has 0 bridgehead atoms. The third-order valence-corrected chi connectivity index (χ3v) is 6.07. The summed E-state index contributed by atoms with van der Waals surface area (Å²) in [7, 11) is 0. The molecule has 7 nitrogen and oxygen atoms in total. The zero-order valence-electron chi connectivity index (χ0n) is 22.5. The highest BCUT2D eigenvalue weighted by atomic mass is 19.2. The summed E-state index contributed by atoms with van der Waals surface area (Å²) in [5.74, 6) is -6.48. The Balaban J connectivity index is 1.82. The van der Waals surface area contributed by atoms with Crippen LogP contribution in [0.15, 0.2) is 78.9 Å². The lowest BCUT2D eigenvalue weighted by atomic mass is 10.00. The van der Waals surface area contributed by atoms with E-state index in [2.05, 4.69) is 4.98 Å². The summed E-state index contributed by atoms with van der Waals surface area (Å²) in [6, 6.07) is 23.1. The van der Waals surface area contributed by atoms with E-state index in [4.69, 9.17) is 14.2 Å². The molecule has 1 aromatic heterocycles. The molecule has 4 aromatic rings. The van der Waals surface area contributed by atoms with Crippen LogP contribution in [0, 0.1) is 28.9 Å². The van der Waals surface area contributed by atoms with Crippen molar-refractivity contribution in [1.29, 1.82) is 5.26 Å². The molecule has 0 aliphatic carbocycles. The molecule has 1 heterocycles. The van der Waals surface area contributed by atoms with Crippen LogP contribution in [-0.2, 0) is 16.1 Å². The van der Waals surface area contributed by atoms with Gasteiger partial charge in [0.2, 0.25) is 11.6 Å². The number of rotatable bonds is 10. The molecule has 0 saturated heterocycles. The Morgan fingerprint density at radius 3 is 2.24 bits per heavy atom. The Morgan fingerprint density at radius 1 is 0.951 bits per heavy atom. The Kier molecular flexibility index (Phi) is 8.78. The fraction of sp³-hybridized carbons (Fsp3) is 0.194. The molecule has 0 aliphatic rings. The van der Waals surface area contributed by atoms with Gasteiger partial charge in [0, 0.05) is 11.8 Å². The first kappa shape index (κ1) is 29.0. The van der Waals surface area contributed by atoms with Crippen molar-refractivity contribution in [3.8, 4) is 23.4 Å². The number of aromatic nitrogens is 1. The first-order valence-electron chi connectivity index (χ1n) is 12.6. The summed E-state index contributed by atoms with van der Waals surface area (Å²) in [5.41, 5.74) is -1.47. The highest BCUT2D eigenvalue weighted by Crippen LogP contribution is 2.42. The molecular formula is C31H26F3N3O4. The number of hydrogen-bond acceptors (Lipinski definition) is 7. The van der Waals surface area contributed by atoms with E-state index in [-0.39, 0.29) is 36.0 Å². The summed E-state index contributed by atoms with van der Waals surface area (Å²) in [5, 5.41) is 9.39. The number of benzene rings is 3. The summed E-state index contributed by atoms with van der Waals surface area (Å²) in [4.78, 5) is 17.3. The van der Waals surface area contributed by atoms with E-state index in [1.54, 1.807) is 25.1 Å². The molecule has 0 unspecified atom stereocenters. The summed E-state index contributed by atoms with van der Waals surface area (Å²) in [6.45, 7) is 4.49. The number of carbonyl (C=O) groups excluding carboxylic acids is 1. The van der Waals surface area contributed by atoms with Gasteiger partial charge in [0.15, 0.2) is 11.5 Å². The number of esters is 1. The minimum Gasteiger partial charge on any atom is -0.485 e. The fourth-order valence-electron chi connectivity index (χ4n) is 4.07. The van der Waals surface area contributed by atoms with Crippen LogP contribution in [0.5, 0.6) is 17.4 Å². The molecule has 0 aliphatic heterocycles. The lowest BCUT2D eigenvalue weighted by Crippen LogP contribution is -2.49. The number of nitrogens with zero attached hydrogens (tertiary/aromatic N) is 3. The predicted octanol–water partition coefficient (Wildman–Crippen LogP) is 7.22. The van der Waals surface area contributed by atoms with E-state index in [0.29, 0.717) is 0 Å². The van der Waals surface area contributed by atoms with Crippen LogP contribution < -0.4 is 14.4 Å². The van der Waals surface area contributed by atoms with Crippen molar-refractivity contribution < 1.29 is 32.2 Å². The van der Waals surface area contributed by atoms with Gasteiger partial charge in [0.25, 0.3) is 11.8 Å². The number of para-hydroxylation sites is 1. The predicted molar refractivity (Wildman–Crippen MR) is 145 cm³/mol. The first-order valence-corrected chi connectivity index (χ1v) is 12.6. The number of nitriles is 1. The fourth-order valence-corrected chi connectivity index (χ4v) is 4.07. The van der Waals surface area contributed by atoms with Crippen LogP contribution in [0.4, 0.5) is 24.5 Å². The van der Waals surface area contributed by atoms with Gasteiger partial charge in [-0.15, -0.1) is 0 Å². The quantitative estimate of drug-likeness (QED) is 0.149. The van der Waals surface area contributed by atoms with Gasteiger partial charge in [-0.05, 0) is 50.6 Å². The van der Waals surface area contributed by atoms with Crippen LogP contribution in [-0.4, -0.2) is 23.1 Å². The highest BCUT2D eigenvalue weighted by molar-refractivity contribution is 5.88. The van der Waals surface area contributed by atoms with Gasteiger partial charge >= 0.3 is 5.97 Å². The number of anilines is 2. The van der Waals surface area contributed by atoms with Gasteiger partial charge in [0.1, 0.15) is 17.8 Å². The number of ether oxygens (including phenoxy) is 3. The lowest BCUT2D eigenvalue weighted by Gasteiger charge is -2.38. The van der Waals surface area contributed by atoms with Crippen molar-refractivity contribution in [2.45, 2.75) is 32.9 Å². The molecule has 4 rings (SSSR count). The minimum atomic E-state index is -1.70. The van der Waals surface area contributed by atoms with Crippen LogP contribution in [0.25, 0.3) is 0 Å². The molecule has 0 spiro atoms. The summed E-state index contributed by atoms with van der Waals surface area (Å²) < 4.78 is 63.2. The van der Waals surface area contributed by atoms with Crippen LogP contribution >= 0.6 is 0 Å². The Hall–Kier alpha value is -5.04. The summed E-state index contributed by atoms with van der Waals surface area (Å²) >= 11 is 0. The zero-order valence-corrected chi connectivity index (χ0v) is 22.5. The lowest BCUT2D eigenvalue weighted by molar-refractivity contribution is -0.148. The second-order valence-corrected chi connectivity index (χ2v) is 9.28. The topological polar surface area (TPSA) is 84.7 Å². The zero-order chi connectivity index (χ0) is 29.6. The van der Waals surface area contributed by atoms with Crippen LogP contribution in [0.3, 0.4) is 0 Å². The van der Waals surface area contributed by atoms with Gasteiger partial charge in [-0.1, -0.05) is 48.5 Å². The van der Waals surface area contributed by atoms with E-state index in [9.17, 15) is 14.4 Å². The van der Waals surface area contributed by atoms with Crippen molar-refractivity contribution in [3.05, 3.63) is 108 Å². The van der Waals surface area contributed by atoms with Crippen LogP contribution in [0.1, 0.15) is 31.9 Å². The van der Waals surface area contributed by atoms with Gasteiger partial charge in [-0.2, -0.15) is 23.4 Å². The van der Waals surface area contributed by atoms with Crippen LogP contribution in [0.2, 0.25) is 0 Å². The Bertz CT molecular complexity index is 1580. The maximum atomic E-state index is 16.2. The maximum Gasteiger partial charge on any atom is 0.331 e. The van der Waals surface area contributed by atoms with E-state index in [1.165, 1.54) is 44.2 Å². The third-order valence-electron chi connectivity index (χ3n) is 6.07. The monoisotopic (exact) mass is 561 g/mol. The first-order chi connectivity index (χ1) is 19.7. The molecule has 0 N–H and O–H groups in total.